The fraction of sp³-hybridized carbons (Fsp3) is 0.188. The van der Waals surface area contributed by atoms with Gasteiger partial charge in [-0.1, -0.05) is 11.6 Å². The number of rotatable bonds is 3. The molecule has 2 aromatic carbocycles. The van der Waals surface area contributed by atoms with Crippen molar-refractivity contribution in [3.8, 4) is 5.75 Å². The van der Waals surface area contributed by atoms with Crippen molar-refractivity contribution < 1.29 is 30.6 Å². The van der Waals surface area contributed by atoms with Crippen molar-refractivity contribution in [3.63, 3.8) is 0 Å². The Kier molecular flexibility index (Phi) is 4.61. The minimum atomic E-state index is -4.92. The first kappa shape index (κ1) is 18.5. The number of benzene rings is 2. The largest absolute Gasteiger partial charge is 0.417 e. The van der Waals surface area contributed by atoms with E-state index < -0.39 is 26.8 Å². The summed E-state index contributed by atoms with van der Waals surface area (Å²) in [5.41, 5.74) is -0.270. The first-order valence-electron chi connectivity index (χ1n) is 7.30. The Hall–Kier alpha value is -2.26. The standard InChI is InChI=1S/C16H11ClF3NO4S/c17-10-2-5-14(12(8-10)16(18,19)20)26(23,24)25-11-3-4-13-9(7-11)1-6-15(22)21-13/h2-5,7-8H,1,6H2,(H,21,22). The highest BCUT2D eigenvalue weighted by Gasteiger charge is 2.38. The number of carbonyl (C=O) groups is 1. The molecular weight excluding hydrogens is 395 g/mol. The highest BCUT2D eigenvalue weighted by Crippen LogP contribution is 2.37. The quantitative estimate of drug-likeness (QED) is 0.783. The second-order valence-corrected chi connectivity index (χ2v) is 7.49. The minimum absolute atomic E-state index is 0.150. The number of aryl methyl sites for hydroxylation is 1. The molecule has 26 heavy (non-hydrogen) atoms. The molecule has 0 aliphatic carbocycles. The molecule has 1 aliphatic heterocycles. The van der Waals surface area contributed by atoms with Crippen molar-refractivity contribution in [1.82, 2.24) is 0 Å². The van der Waals surface area contributed by atoms with Crippen molar-refractivity contribution in [2.24, 2.45) is 0 Å². The maximum Gasteiger partial charge on any atom is 0.417 e. The van der Waals surface area contributed by atoms with Crippen LogP contribution in [0, 0.1) is 0 Å². The Labute approximate surface area is 151 Å². The summed E-state index contributed by atoms with van der Waals surface area (Å²) in [6, 6.07) is 6.37. The van der Waals surface area contributed by atoms with E-state index in [2.05, 4.69) is 5.32 Å². The average Bonchev–Trinajstić information content (AvgIpc) is 2.53. The second kappa shape index (κ2) is 6.48. The lowest BCUT2D eigenvalue weighted by atomic mass is 10.0. The van der Waals surface area contributed by atoms with Gasteiger partial charge in [0, 0.05) is 17.1 Å². The number of fused-ring (bicyclic) bond motifs is 1. The molecule has 0 fully saturated rings. The maximum absolute atomic E-state index is 13.1. The second-order valence-electron chi connectivity index (χ2n) is 5.54. The van der Waals surface area contributed by atoms with Gasteiger partial charge in [-0.3, -0.25) is 4.79 Å². The van der Waals surface area contributed by atoms with E-state index in [1.165, 1.54) is 18.2 Å². The fourth-order valence-corrected chi connectivity index (χ4v) is 3.82. The molecule has 3 rings (SSSR count). The van der Waals surface area contributed by atoms with Gasteiger partial charge in [0.1, 0.15) is 10.6 Å². The fourth-order valence-electron chi connectivity index (χ4n) is 2.52. The van der Waals surface area contributed by atoms with Gasteiger partial charge in [0.2, 0.25) is 5.91 Å². The molecular formula is C16H11ClF3NO4S. The molecule has 0 atom stereocenters. The Morgan fingerprint density at radius 1 is 1.08 bits per heavy atom. The first-order chi connectivity index (χ1) is 12.1. The molecule has 1 aliphatic rings. The van der Waals surface area contributed by atoms with Crippen LogP contribution < -0.4 is 9.50 Å². The number of nitrogens with one attached hydrogen (secondary N) is 1. The molecule has 0 radical (unpaired) electrons. The normalized spacial score (nSPS) is 14.5. The van der Waals surface area contributed by atoms with Gasteiger partial charge in [-0.2, -0.15) is 21.6 Å². The SMILES string of the molecule is O=C1CCc2cc(OS(=O)(=O)c3ccc(Cl)cc3C(F)(F)F)ccc2N1. The molecule has 0 aromatic heterocycles. The van der Waals surface area contributed by atoms with Crippen LogP contribution >= 0.6 is 11.6 Å². The number of anilines is 1. The van der Waals surface area contributed by atoms with Crippen molar-refractivity contribution in [3.05, 3.63) is 52.5 Å². The van der Waals surface area contributed by atoms with E-state index in [1.807, 2.05) is 0 Å². The molecule has 0 saturated heterocycles. The Balaban J connectivity index is 1.97. The topological polar surface area (TPSA) is 72.5 Å². The van der Waals surface area contributed by atoms with Crippen LogP contribution in [0.25, 0.3) is 0 Å². The van der Waals surface area contributed by atoms with E-state index in [9.17, 15) is 26.4 Å². The summed E-state index contributed by atoms with van der Waals surface area (Å²) in [7, 11) is -4.75. The summed E-state index contributed by atoms with van der Waals surface area (Å²) in [5, 5.41) is 2.36. The number of alkyl halides is 3. The van der Waals surface area contributed by atoms with E-state index in [0.717, 1.165) is 12.1 Å². The van der Waals surface area contributed by atoms with Gasteiger partial charge >= 0.3 is 16.3 Å². The monoisotopic (exact) mass is 405 g/mol. The predicted octanol–water partition coefficient (Wildman–Crippen LogP) is 4.01. The third-order valence-electron chi connectivity index (χ3n) is 3.69. The van der Waals surface area contributed by atoms with E-state index in [4.69, 9.17) is 15.8 Å². The van der Waals surface area contributed by atoms with Gasteiger partial charge in [0.05, 0.1) is 5.56 Å². The van der Waals surface area contributed by atoms with Crippen LogP contribution in [0.3, 0.4) is 0 Å². The summed E-state index contributed by atoms with van der Waals surface area (Å²) >= 11 is 5.55. The van der Waals surface area contributed by atoms with Gasteiger partial charge < -0.3 is 9.50 Å². The lowest BCUT2D eigenvalue weighted by Crippen LogP contribution is -2.19. The van der Waals surface area contributed by atoms with E-state index in [1.54, 1.807) is 0 Å². The minimum Gasteiger partial charge on any atom is -0.379 e. The molecule has 0 spiro atoms. The van der Waals surface area contributed by atoms with E-state index in [-0.39, 0.29) is 23.1 Å². The summed E-state index contributed by atoms with van der Waals surface area (Å²) in [6.45, 7) is 0. The van der Waals surface area contributed by atoms with Gasteiger partial charge in [-0.15, -0.1) is 0 Å². The van der Waals surface area contributed by atoms with Gasteiger partial charge in [0.15, 0.2) is 0 Å². The Morgan fingerprint density at radius 2 is 1.81 bits per heavy atom. The molecule has 1 heterocycles. The molecule has 0 saturated carbocycles. The predicted molar refractivity (Wildman–Crippen MR) is 87.7 cm³/mol. The summed E-state index contributed by atoms with van der Waals surface area (Å²) in [6.07, 6.45) is -4.33. The smallest absolute Gasteiger partial charge is 0.379 e. The number of hydrogen-bond donors (Lipinski definition) is 1. The van der Waals surface area contributed by atoms with Crippen LogP contribution in [-0.2, 0) is 27.5 Å². The third kappa shape index (κ3) is 3.78. The van der Waals surface area contributed by atoms with Crippen LogP contribution in [0.15, 0.2) is 41.3 Å². The molecule has 138 valence electrons. The Bertz CT molecular complexity index is 989. The number of hydrogen-bond acceptors (Lipinski definition) is 4. The van der Waals surface area contributed by atoms with Gasteiger partial charge in [0.25, 0.3) is 0 Å². The molecule has 1 amide bonds. The Morgan fingerprint density at radius 3 is 2.50 bits per heavy atom. The van der Waals surface area contributed by atoms with Crippen LogP contribution in [-0.4, -0.2) is 14.3 Å². The lowest BCUT2D eigenvalue weighted by molar-refractivity contribution is -0.140. The molecule has 0 bridgehead atoms. The molecule has 0 unspecified atom stereocenters. The number of carbonyl (C=O) groups excluding carboxylic acids is 1. The average molecular weight is 406 g/mol. The summed E-state index contributed by atoms with van der Waals surface area (Å²) < 4.78 is 69.0. The van der Waals surface area contributed by atoms with E-state index >= 15 is 0 Å². The van der Waals surface area contributed by atoms with Crippen LogP contribution in [0.5, 0.6) is 5.75 Å². The van der Waals surface area contributed by atoms with Gasteiger partial charge in [-0.05, 0) is 48.4 Å². The molecule has 1 N–H and O–H groups in total. The zero-order valence-corrected chi connectivity index (χ0v) is 14.5. The van der Waals surface area contributed by atoms with Gasteiger partial charge in [-0.25, -0.2) is 0 Å². The van der Waals surface area contributed by atoms with E-state index in [0.29, 0.717) is 23.7 Å². The van der Waals surface area contributed by atoms with Crippen LogP contribution in [0.1, 0.15) is 17.5 Å². The van der Waals surface area contributed by atoms with Crippen LogP contribution in [0.4, 0.5) is 18.9 Å². The highest BCUT2D eigenvalue weighted by molar-refractivity contribution is 7.87. The maximum atomic E-state index is 13.1. The van der Waals surface area contributed by atoms with Crippen molar-refractivity contribution in [2.75, 3.05) is 5.32 Å². The van der Waals surface area contributed by atoms with Crippen LogP contribution in [0.2, 0.25) is 5.02 Å². The zero-order valence-electron chi connectivity index (χ0n) is 12.9. The highest BCUT2D eigenvalue weighted by atomic mass is 35.5. The summed E-state index contributed by atoms with van der Waals surface area (Å²) in [5.74, 6) is -0.322. The molecule has 2 aromatic rings. The van der Waals surface area contributed by atoms with Crippen molar-refractivity contribution >= 4 is 33.3 Å². The third-order valence-corrected chi connectivity index (χ3v) is 5.24. The molecule has 5 nitrogen and oxygen atoms in total. The molecule has 10 heteroatoms. The summed E-state index contributed by atoms with van der Waals surface area (Å²) in [4.78, 5) is 10.3. The van der Waals surface area contributed by atoms with Crippen molar-refractivity contribution in [1.29, 1.82) is 0 Å². The number of amides is 1. The lowest BCUT2D eigenvalue weighted by Gasteiger charge is -2.18. The zero-order chi connectivity index (χ0) is 19.1. The number of halogens is 4. The van der Waals surface area contributed by atoms with Crippen molar-refractivity contribution in [2.45, 2.75) is 23.9 Å². The first-order valence-corrected chi connectivity index (χ1v) is 9.09.